The Hall–Kier alpha value is -2.60. The highest BCUT2D eigenvalue weighted by molar-refractivity contribution is 7.80. The summed E-state index contributed by atoms with van der Waals surface area (Å²) in [6.07, 6.45) is 0.982. The van der Waals surface area contributed by atoms with Gasteiger partial charge in [-0.25, -0.2) is 0 Å². The largest absolute Gasteiger partial charge is 0.494 e. The summed E-state index contributed by atoms with van der Waals surface area (Å²) >= 11 is 5.48. The lowest BCUT2D eigenvalue weighted by atomic mass is 10.1. The molecule has 154 valence electrons. The highest BCUT2D eigenvalue weighted by Crippen LogP contribution is 2.17. The third-order valence-corrected chi connectivity index (χ3v) is 5.33. The van der Waals surface area contributed by atoms with E-state index in [1.807, 2.05) is 30.3 Å². The Morgan fingerprint density at radius 1 is 1.07 bits per heavy atom. The molecular weight excluding hydrogens is 382 g/mol. The molecule has 0 unspecified atom stereocenters. The summed E-state index contributed by atoms with van der Waals surface area (Å²) in [6, 6.07) is 17.6. The third-order valence-electron chi connectivity index (χ3n) is 4.97. The predicted molar refractivity (Wildman–Crippen MR) is 122 cm³/mol. The summed E-state index contributed by atoms with van der Waals surface area (Å²) in [7, 11) is 0. The van der Waals surface area contributed by atoms with Gasteiger partial charge in [0, 0.05) is 37.4 Å². The van der Waals surface area contributed by atoms with Crippen molar-refractivity contribution in [3.63, 3.8) is 0 Å². The number of benzene rings is 2. The molecule has 2 aromatic rings. The van der Waals surface area contributed by atoms with Crippen LogP contribution >= 0.6 is 12.2 Å². The van der Waals surface area contributed by atoms with E-state index in [-0.39, 0.29) is 5.91 Å². The van der Waals surface area contributed by atoms with E-state index in [1.54, 1.807) is 12.1 Å². The molecule has 1 aliphatic heterocycles. The molecule has 1 fully saturated rings. The number of carbonyl (C=O) groups excluding carboxylic acids is 1. The lowest BCUT2D eigenvalue weighted by Crippen LogP contribution is -2.52. The average Bonchev–Trinajstić information content (AvgIpc) is 2.74. The maximum Gasteiger partial charge on any atom is 0.257 e. The minimum Gasteiger partial charge on any atom is -0.494 e. The van der Waals surface area contributed by atoms with Crippen molar-refractivity contribution < 1.29 is 9.53 Å². The number of rotatable bonds is 6. The second kappa shape index (κ2) is 10.3. The van der Waals surface area contributed by atoms with Gasteiger partial charge in [0.05, 0.1) is 6.61 Å². The van der Waals surface area contributed by atoms with Crippen LogP contribution in [0.3, 0.4) is 0 Å². The normalized spacial score (nSPS) is 14.0. The molecule has 0 spiro atoms. The maximum atomic E-state index is 12.6. The smallest absolute Gasteiger partial charge is 0.257 e. The third kappa shape index (κ3) is 6.19. The van der Waals surface area contributed by atoms with Gasteiger partial charge >= 0.3 is 0 Å². The topological polar surface area (TPSA) is 44.8 Å². The summed E-state index contributed by atoms with van der Waals surface area (Å²) < 4.78 is 5.75. The predicted octanol–water partition coefficient (Wildman–Crippen LogP) is 3.95. The molecule has 1 amide bonds. The van der Waals surface area contributed by atoms with Crippen LogP contribution in [0.4, 0.5) is 5.69 Å². The first-order valence-electron chi connectivity index (χ1n) is 10.2. The van der Waals surface area contributed by atoms with Crippen molar-refractivity contribution >= 4 is 28.9 Å². The summed E-state index contributed by atoms with van der Waals surface area (Å²) in [6.45, 7) is 8.28. The van der Waals surface area contributed by atoms with Crippen molar-refractivity contribution in [2.45, 2.75) is 20.3 Å². The molecule has 0 aliphatic carbocycles. The zero-order valence-electron chi connectivity index (χ0n) is 17.1. The number of ether oxygens (including phenoxy) is 1. The molecule has 29 heavy (non-hydrogen) atoms. The molecule has 1 aliphatic rings. The molecule has 3 rings (SSSR count). The van der Waals surface area contributed by atoms with Crippen LogP contribution in [-0.2, 0) is 0 Å². The number of carbonyl (C=O) groups is 1. The summed E-state index contributed by atoms with van der Waals surface area (Å²) in [5, 5.41) is 3.35. The van der Waals surface area contributed by atoms with E-state index in [9.17, 15) is 4.79 Å². The second-order valence-electron chi connectivity index (χ2n) is 7.63. The standard InChI is InChI=1S/C23H29N3O2S/c1-18(2)11-16-28-21-10-6-7-19(17-21)22(27)24-23(29)26-14-12-25(13-15-26)20-8-4-3-5-9-20/h3-10,17-18H,11-16H2,1-2H3,(H,24,27,29). The van der Waals surface area contributed by atoms with Crippen LogP contribution in [0.2, 0.25) is 0 Å². The average molecular weight is 412 g/mol. The van der Waals surface area contributed by atoms with Crippen LogP contribution in [0.15, 0.2) is 54.6 Å². The first-order valence-corrected chi connectivity index (χ1v) is 10.6. The lowest BCUT2D eigenvalue weighted by Gasteiger charge is -2.37. The number of nitrogens with zero attached hydrogens (tertiary/aromatic N) is 2. The number of para-hydroxylation sites is 1. The van der Waals surface area contributed by atoms with Crippen molar-refractivity contribution in [3.05, 3.63) is 60.2 Å². The number of hydrogen-bond donors (Lipinski definition) is 1. The fraction of sp³-hybridized carbons (Fsp3) is 0.391. The molecule has 1 saturated heterocycles. The van der Waals surface area contributed by atoms with E-state index >= 15 is 0 Å². The van der Waals surface area contributed by atoms with Gasteiger partial charge in [0.15, 0.2) is 5.11 Å². The fourth-order valence-electron chi connectivity index (χ4n) is 3.19. The molecule has 1 heterocycles. The number of hydrogen-bond acceptors (Lipinski definition) is 4. The van der Waals surface area contributed by atoms with Gasteiger partial charge in [-0.3, -0.25) is 10.1 Å². The quantitative estimate of drug-likeness (QED) is 0.730. The van der Waals surface area contributed by atoms with Crippen molar-refractivity contribution in [1.82, 2.24) is 10.2 Å². The van der Waals surface area contributed by atoms with Crippen molar-refractivity contribution in [1.29, 1.82) is 0 Å². The summed E-state index contributed by atoms with van der Waals surface area (Å²) in [5.41, 5.74) is 1.77. The van der Waals surface area contributed by atoms with Crippen molar-refractivity contribution in [2.75, 3.05) is 37.7 Å². The van der Waals surface area contributed by atoms with E-state index in [4.69, 9.17) is 17.0 Å². The Morgan fingerprint density at radius 2 is 1.79 bits per heavy atom. The molecular formula is C23H29N3O2S. The van der Waals surface area contributed by atoms with Crippen LogP contribution in [0, 0.1) is 5.92 Å². The van der Waals surface area contributed by atoms with E-state index < -0.39 is 0 Å². The number of amides is 1. The Labute approximate surface area is 178 Å². The second-order valence-corrected chi connectivity index (χ2v) is 8.01. The fourth-order valence-corrected chi connectivity index (χ4v) is 3.47. The van der Waals surface area contributed by atoms with Gasteiger partial charge < -0.3 is 14.5 Å². The molecule has 0 bridgehead atoms. The molecule has 2 aromatic carbocycles. The van der Waals surface area contributed by atoms with E-state index in [1.165, 1.54) is 5.69 Å². The Morgan fingerprint density at radius 3 is 2.48 bits per heavy atom. The van der Waals surface area contributed by atoms with Gasteiger partial charge in [0.2, 0.25) is 0 Å². The number of nitrogens with one attached hydrogen (secondary N) is 1. The number of thiocarbonyl (C=S) groups is 1. The van der Waals surface area contributed by atoms with Crippen LogP contribution < -0.4 is 15.0 Å². The summed E-state index contributed by atoms with van der Waals surface area (Å²) in [4.78, 5) is 17.0. The SMILES string of the molecule is CC(C)CCOc1cccc(C(=O)NC(=S)N2CCN(c3ccccc3)CC2)c1. The van der Waals surface area contributed by atoms with E-state index in [2.05, 4.69) is 41.1 Å². The van der Waals surface area contributed by atoms with Crippen LogP contribution in [-0.4, -0.2) is 48.7 Å². The molecule has 0 saturated carbocycles. The minimum absolute atomic E-state index is 0.199. The molecule has 0 radical (unpaired) electrons. The number of piperazine rings is 1. The Kier molecular flexibility index (Phi) is 7.47. The Bertz CT molecular complexity index is 818. The molecule has 0 atom stereocenters. The van der Waals surface area contributed by atoms with Gasteiger partial charge in [0.25, 0.3) is 5.91 Å². The van der Waals surface area contributed by atoms with Gasteiger partial charge in [0.1, 0.15) is 5.75 Å². The molecule has 0 aromatic heterocycles. The highest BCUT2D eigenvalue weighted by Gasteiger charge is 2.20. The highest BCUT2D eigenvalue weighted by atomic mass is 32.1. The van der Waals surface area contributed by atoms with Crippen LogP contribution in [0.1, 0.15) is 30.6 Å². The summed E-state index contributed by atoms with van der Waals surface area (Å²) in [5.74, 6) is 1.09. The zero-order valence-corrected chi connectivity index (χ0v) is 18.0. The van der Waals surface area contributed by atoms with Gasteiger partial charge in [-0.2, -0.15) is 0 Å². The van der Waals surface area contributed by atoms with Gasteiger partial charge in [-0.05, 0) is 54.9 Å². The van der Waals surface area contributed by atoms with Crippen molar-refractivity contribution in [3.8, 4) is 5.75 Å². The monoisotopic (exact) mass is 411 g/mol. The van der Waals surface area contributed by atoms with Crippen LogP contribution in [0.5, 0.6) is 5.75 Å². The van der Waals surface area contributed by atoms with Gasteiger partial charge in [-0.1, -0.05) is 38.1 Å². The first-order chi connectivity index (χ1) is 14.0. The molecule has 5 nitrogen and oxygen atoms in total. The maximum absolute atomic E-state index is 12.6. The van der Waals surface area contributed by atoms with Gasteiger partial charge in [-0.15, -0.1) is 0 Å². The first kappa shape index (κ1) is 21.1. The number of anilines is 1. The molecule has 1 N–H and O–H groups in total. The minimum atomic E-state index is -0.199. The van der Waals surface area contributed by atoms with Crippen molar-refractivity contribution in [2.24, 2.45) is 5.92 Å². The molecule has 6 heteroatoms. The lowest BCUT2D eigenvalue weighted by molar-refractivity contribution is 0.0972. The van der Waals surface area contributed by atoms with E-state index in [0.717, 1.165) is 32.6 Å². The van der Waals surface area contributed by atoms with E-state index in [0.29, 0.717) is 29.0 Å². The zero-order chi connectivity index (χ0) is 20.6. The van der Waals surface area contributed by atoms with Crippen LogP contribution in [0.25, 0.3) is 0 Å². The Balaban J connectivity index is 1.50.